The van der Waals surface area contributed by atoms with Crippen LogP contribution in [0.3, 0.4) is 0 Å². The van der Waals surface area contributed by atoms with Crippen LogP contribution in [0.5, 0.6) is 0 Å². The Labute approximate surface area is 71.9 Å². The number of benzene rings is 1. The third kappa shape index (κ3) is 2.23. The highest BCUT2D eigenvalue weighted by Crippen LogP contribution is 2.08. The standard InChI is InChI=1S/C10H11NO/c1-2-6-11-10-5-3-4-9(7-10)8-12/h2-5,7-8,11H,1,6H2. The molecule has 0 aromatic heterocycles. The first-order valence-electron chi connectivity index (χ1n) is 3.77. The maximum atomic E-state index is 10.4. The van der Waals surface area contributed by atoms with Crippen LogP contribution in [-0.2, 0) is 0 Å². The molecule has 62 valence electrons. The van der Waals surface area contributed by atoms with Gasteiger partial charge in [-0.05, 0) is 12.1 Å². The minimum atomic E-state index is 0.684. The number of carbonyl (C=O) groups excluding carboxylic acids is 1. The minimum Gasteiger partial charge on any atom is -0.382 e. The van der Waals surface area contributed by atoms with E-state index in [2.05, 4.69) is 11.9 Å². The van der Waals surface area contributed by atoms with Gasteiger partial charge in [-0.25, -0.2) is 0 Å². The highest BCUT2D eigenvalue weighted by atomic mass is 16.1. The van der Waals surface area contributed by atoms with Gasteiger partial charge in [0.05, 0.1) is 0 Å². The van der Waals surface area contributed by atoms with Crippen LogP contribution in [0.2, 0.25) is 0 Å². The average molecular weight is 161 g/mol. The van der Waals surface area contributed by atoms with Crippen LogP contribution in [0, 0.1) is 0 Å². The first-order chi connectivity index (χ1) is 5.86. The zero-order valence-corrected chi connectivity index (χ0v) is 6.79. The van der Waals surface area contributed by atoms with E-state index in [-0.39, 0.29) is 0 Å². The molecule has 0 aliphatic heterocycles. The van der Waals surface area contributed by atoms with Gasteiger partial charge in [0, 0.05) is 17.8 Å². The molecule has 0 saturated carbocycles. The van der Waals surface area contributed by atoms with E-state index in [0.717, 1.165) is 12.0 Å². The van der Waals surface area contributed by atoms with Crippen LogP contribution >= 0.6 is 0 Å². The fourth-order valence-corrected chi connectivity index (χ4v) is 0.912. The smallest absolute Gasteiger partial charge is 0.150 e. The third-order valence-electron chi connectivity index (χ3n) is 1.47. The Morgan fingerprint density at radius 2 is 2.33 bits per heavy atom. The number of hydrogen-bond acceptors (Lipinski definition) is 2. The van der Waals surface area contributed by atoms with Gasteiger partial charge in [-0.15, -0.1) is 6.58 Å². The molecule has 1 aromatic rings. The van der Waals surface area contributed by atoms with E-state index < -0.39 is 0 Å². The van der Waals surface area contributed by atoms with E-state index in [1.54, 1.807) is 18.2 Å². The highest BCUT2D eigenvalue weighted by molar-refractivity contribution is 5.76. The van der Waals surface area contributed by atoms with Crippen molar-refractivity contribution in [2.75, 3.05) is 11.9 Å². The molecule has 0 spiro atoms. The Bertz CT molecular complexity index is 281. The summed E-state index contributed by atoms with van der Waals surface area (Å²) in [5.74, 6) is 0. The van der Waals surface area contributed by atoms with Gasteiger partial charge in [0.15, 0.2) is 0 Å². The summed E-state index contributed by atoms with van der Waals surface area (Å²) in [6.07, 6.45) is 2.60. The number of carbonyl (C=O) groups is 1. The van der Waals surface area contributed by atoms with Crippen molar-refractivity contribution in [3.8, 4) is 0 Å². The summed E-state index contributed by atoms with van der Waals surface area (Å²) < 4.78 is 0. The molecule has 0 amide bonds. The number of aldehydes is 1. The van der Waals surface area contributed by atoms with Crippen LogP contribution in [0.25, 0.3) is 0 Å². The van der Waals surface area contributed by atoms with Crippen molar-refractivity contribution in [3.63, 3.8) is 0 Å². The van der Waals surface area contributed by atoms with Crippen LogP contribution in [-0.4, -0.2) is 12.8 Å². The SMILES string of the molecule is C=CCNc1cccc(C=O)c1. The molecule has 0 unspecified atom stereocenters. The van der Waals surface area contributed by atoms with E-state index in [1.807, 2.05) is 12.1 Å². The van der Waals surface area contributed by atoms with E-state index in [1.165, 1.54) is 0 Å². The Morgan fingerprint density at radius 1 is 1.50 bits per heavy atom. The first-order valence-corrected chi connectivity index (χ1v) is 3.77. The predicted molar refractivity (Wildman–Crippen MR) is 50.5 cm³/mol. The molecule has 2 nitrogen and oxygen atoms in total. The van der Waals surface area contributed by atoms with Crippen LogP contribution in [0.4, 0.5) is 5.69 Å². The van der Waals surface area contributed by atoms with Crippen molar-refractivity contribution >= 4 is 12.0 Å². The summed E-state index contributed by atoms with van der Waals surface area (Å²) in [6, 6.07) is 7.33. The lowest BCUT2D eigenvalue weighted by molar-refractivity contribution is 0.112. The van der Waals surface area contributed by atoms with Gasteiger partial charge in [-0.3, -0.25) is 4.79 Å². The van der Waals surface area contributed by atoms with Gasteiger partial charge in [-0.1, -0.05) is 18.2 Å². The topological polar surface area (TPSA) is 29.1 Å². The Hall–Kier alpha value is -1.57. The summed E-state index contributed by atoms with van der Waals surface area (Å²) >= 11 is 0. The number of rotatable bonds is 4. The van der Waals surface area contributed by atoms with Crippen LogP contribution < -0.4 is 5.32 Å². The van der Waals surface area contributed by atoms with Gasteiger partial charge in [0.1, 0.15) is 6.29 Å². The molecule has 0 bridgehead atoms. The fourth-order valence-electron chi connectivity index (χ4n) is 0.912. The molecule has 1 N–H and O–H groups in total. The van der Waals surface area contributed by atoms with Crippen molar-refractivity contribution in [1.82, 2.24) is 0 Å². The molecule has 2 heteroatoms. The largest absolute Gasteiger partial charge is 0.382 e. The highest BCUT2D eigenvalue weighted by Gasteiger charge is 1.91. The van der Waals surface area contributed by atoms with Crippen LogP contribution in [0.15, 0.2) is 36.9 Å². The third-order valence-corrected chi connectivity index (χ3v) is 1.47. The van der Waals surface area contributed by atoms with Gasteiger partial charge in [0.25, 0.3) is 0 Å². The van der Waals surface area contributed by atoms with Crippen molar-refractivity contribution < 1.29 is 4.79 Å². The molecule has 0 aliphatic rings. The molecule has 12 heavy (non-hydrogen) atoms. The molecule has 0 heterocycles. The van der Waals surface area contributed by atoms with Crippen LogP contribution in [0.1, 0.15) is 10.4 Å². The molecular weight excluding hydrogens is 150 g/mol. The van der Waals surface area contributed by atoms with Crippen molar-refractivity contribution in [2.45, 2.75) is 0 Å². The van der Waals surface area contributed by atoms with Gasteiger partial charge >= 0.3 is 0 Å². The van der Waals surface area contributed by atoms with E-state index >= 15 is 0 Å². The predicted octanol–water partition coefficient (Wildman–Crippen LogP) is 2.10. The second kappa shape index (κ2) is 4.34. The number of hydrogen-bond donors (Lipinski definition) is 1. The first kappa shape index (κ1) is 8.53. The molecule has 0 radical (unpaired) electrons. The molecular formula is C10H11NO. The van der Waals surface area contributed by atoms with E-state index in [9.17, 15) is 4.79 Å². The average Bonchev–Trinajstić information content (AvgIpc) is 2.15. The summed E-state index contributed by atoms with van der Waals surface area (Å²) in [5, 5.41) is 3.09. The van der Waals surface area contributed by atoms with Gasteiger partial charge in [0.2, 0.25) is 0 Å². The molecule has 0 fully saturated rings. The molecule has 1 aromatic carbocycles. The lowest BCUT2D eigenvalue weighted by atomic mass is 10.2. The van der Waals surface area contributed by atoms with Gasteiger partial charge in [-0.2, -0.15) is 0 Å². The maximum Gasteiger partial charge on any atom is 0.150 e. The Balaban J connectivity index is 2.72. The number of anilines is 1. The fraction of sp³-hybridized carbons (Fsp3) is 0.100. The van der Waals surface area contributed by atoms with Crippen molar-refractivity contribution in [2.24, 2.45) is 0 Å². The van der Waals surface area contributed by atoms with Crippen molar-refractivity contribution in [1.29, 1.82) is 0 Å². The second-order valence-electron chi connectivity index (χ2n) is 2.41. The Morgan fingerprint density at radius 3 is 3.00 bits per heavy atom. The summed E-state index contributed by atoms with van der Waals surface area (Å²) in [4.78, 5) is 10.4. The summed E-state index contributed by atoms with van der Waals surface area (Å²) in [6.45, 7) is 4.30. The zero-order chi connectivity index (χ0) is 8.81. The second-order valence-corrected chi connectivity index (χ2v) is 2.41. The molecule has 1 rings (SSSR count). The lowest BCUT2D eigenvalue weighted by Gasteiger charge is -2.02. The Kier molecular flexibility index (Phi) is 3.08. The normalized spacial score (nSPS) is 9.00. The molecule has 0 atom stereocenters. The molecule has 0 saturated heterocycles. The minimum absolute atomic E-state index is 0.684. The zero-order valence-electron chi connectivity index (χ0n) is 6.79. The van der Waals surface area contributed by atoms with E-state index in [4.69, 9.17) is 0 Å². The summed E-state index contributed by atoms with van der Waals surface area (Å²) in [7, 11) is 0. The quantitative estimate of drug-likeness (QED) is 0.541. The monoisotopic (exact) mass is 161 g/mol. The molecule has 0 aliphatic carbocycles. The lowest BCUT2D eigenvalue weighted by Crippen LogP contribution is -1.97. The summed E-state index contributed by atoms with van der Waals surface area (Å²) in [5.41, 5.74) is 1.63. The van der Waals surface area contributed by atoms with Crippen molar-refractivity contribution in [3.05, 3.63) is 42.5 Å². The number of nitrogens with one attached hydrogen (secondary N) is 1. The maximum absolute atomic E-state index is 10.4. The van der Waals surface area contributed by atoms with E-state index in [0.29, 0.717) is 12.1 Å². The van der Waals surface area contributed by atoms with Gasteiger partial charge < -0.3 is 5.32 Å².